The van der Waals surface area contributed by atoms with Gasteiger partial charge in [0.1, 0.15) is 0 Å². The second-order valence-corrected chi connectivity index (χ2v) is 5.30. The third-order valence-electron chi connectivity index (χ3n) is 2.54. The van der Waals surface area contributed by atoms with Gasteiger partial charge in [0.05, 0.1) is 0 Å². The molecule has 0 saturated carbocycles. The topological polar surface area (TPSA) is 42.2 Å². The molecule has 1 atom stereocenters. The molecular weight excluding hydrogens is 232 g/mol. The lowest BCUT2D eigenvalue weighted by Crippen LogP contribution is -2.14. The number of thioether (sulfide) groups is 1. The van der Waals surface area contributed by atoms with Crippen LogP contribution in [0.2, 0.25) is 0 Å². The first-order valence-corrected chi connectivity index (χ1v) is 7.14. The van der Waals surface area contributed by atoms with E-state index in [1.807, 2.05) is 34.6 Å². The molecule has 2 aromatic heterocycles. The molecule has 0 aliphatic carbocycles. The Morgan fingerprint density at radius 1 is 1.47 bits per heavy atom. The zero-order valence-electron chi connectivity index (χ0n) is 10.5. The van der Waals surface area contributed by atoms with E-state index in [4.69, 9.17) is 0 Å². The lowest BCUT2D eigenvalue weighted by atomic mass is 10.2. The second kappa shape index (κ2) is 5.40. The minimum absolute atomic E-state index is 0.623. The second-order valence-electron chi connectivity index (χ2n) is 4.39. The lowest BCUT2D eigenvalue weighted by Gasteiger charge is -2.08. The fourth-order valence-electron chi connectivity index (χ4n) is 1.67. The lowest BCUT2D eigenvalue weighted by molar-refractivity contribution is 0.696. The van der Waals surface area contributed by atoms with Gasteiger partial charge in [-0.2, -0.15) is 16.7 Å². The maximum absolute atomic E-state index is 4.42. The van der Waals surface area contributed by atoms with Gasteiger partial charge in [0.15, 0.2) is 5.65 Å². The number of hydrogen-bond donors (Lipinski definition) is 1. The van der Waals surface area contributed by atoms with Crippen molar-refractivity contribution in [2.24, 2.45) is 5.92 Å². The van der Waals surface area contributed by atoms with Crippen molar-refractivity contribution in [3.63, 3.8) is 0 Å². The molecule has 0 saturated heterocycles. The Labute approximate surface area is 106 Å². The Kier molecular flexibility index (Phi) is 3.89. The summed E-state index contributed by atoms with van der Waals surface area (Å²) in [6.07, 6.45) is 4.11. The molecule has 1 unspecified atom stereocenters. The molecule has 5 heteroatoms. The van der Waals surface area contributed by atoms with E-state index in [2.05, 4.69) is 35.5 Å². The first kappa shape index (κ1) is 12.2. The van der Waals surface area contributed by atoms with Gasteiger partial charge in [-0.25, -0.2) is 4.52 Å². The van der Waals surface area contributed by atoms with Crippen molar-refractivity contribution < 1.29 is 0 Å². The average molecular weight is 250 g/mol. The zero-order chi connectivity index (χ0) is 12.3. The van der Waals surface area contributed by atoms with Gasteiger partial charge in [0.2, 0.25) is 5.95 Å². The number of nitrogens with one attached hydrogen (secondary N) is 1. The molecule has 0 aromatic carbocycles. The van der Waals surface area contributed by atoms with E-state index >= 15 is 0 Å². The van der Waals surface area contributed by atoms with Crippen LogP contribution in [0.4, 0.5) is 5.95 Å². The van der Waals surface area contributed by atoms with E-state index in [0.717, 1.165) is 17.9 Å². The van der Waals surface area contributed by atoms with Gasteiger partial charge in [0.25, 0.3) is 0 Å². The standard InChI is InChI=1S/C12H18N4S/c1-9-4-5-11-14-12(15-16(11)7-9)13-6-10(2)8-17-3/h4-5,7,10H,6,8H2,1-3H3,(H,13,15). The fraction of sp³-hybridized carbons (Fsp3) is 0.500. The van der Waals surface area contributed by atoms with E-state index < -0.39 is 0 Å². The first-order chi connectivity index (χ1) is 8.19. The Morgan fingerprint density at radius 3 is 3.06 bits per heavy atom. The van der Waals surface area contributed by atoms with Gasteiger partial charge in [-0.05, 0) is 36.5 Å². The molecule has 2 rings (SSSR count). The maximum atomic E-state index is 4.42. The van der Waals surface area contributed by atoms with E-state index in [1.54, 1.807) is 0 Å². The van der Waals surface area contributed by atoms with Crippen molar-refractivity contribution in [1.29, 1.82) is 0 Å². The van der Waals surface area contributed by atoms with Crippen LogP contribution >= 0.6 is 11.8 Å². The average Bonchev–Trinajstić information content (AvgIpc) is 2.68. The molecule has 0 radical (unpaired) electrons. The summed E-state index contributed by atoms with van der Waals surface area (Å²) in [4.78, 5) is 4.42. The van der Waals surface area contributed by atoms with Gasteiger partial charge in [-0.3, -0.25) is 0 Å². The van der Waals surface area contributed by atoms with Crippen LogP contribution < -0.4 is 5.32 Å². The number of rotatable bonds is 5. The molecule has 4 nitrogen and oxygen atoms in total. The highest BCUT2D eigenvalue weighted by Crippen LogP contribution is 2.09. The number of aryl methyl sites for hydroxylation is 1. The minimum atomic E-state index is 0.623. The van der Waals surface area contributed by atoms with Gasteiger partial charge in [-0.15, -0.1) is 5.10 Å². The van der Waals surface area contributed by atoms with Crippen molar-refractivity contribution in [2.45, 2.75) is 13.8 Å². The normalized spacial score (nSPS) is 12.9. The predicted octanol–water partition coefficient (Wildman–Crippen LogP) is 2.45. The van der Waals surface area contributed by atoms with Crippen LogP contribution in [0.1, 0.15) is 12.5 Å². The van der Waals surface area contributed by atoms with Crippen LogP contribution in [0.3, 0.4) is 0 Å². The van der Waals surface area contributed by atoms with Gasteiger partial charge < -0.3 is 5.32 Å². The van der Waals surface area contributed by atoms with Crippen molar-refractivity contribution >= 4 is 23.4 Å². The summed E-state index contributed by atoms with van der Waals surface area (Å²) in [5, 5.41) is 7.68. The first-order valence-electron chi connectivity index (χ1n) is 5.75. The summed E-state index contributed by atoms with van der Waals surface area (Å²) < 4.78 is 1.82. The fourth-order valence-corrected chi connectivity index (χ4v) is 2.36. The Balaban J connectivity index is 2.04. The van der Waals surface area contributed by atoms with Crippen LogP contribution in [0, 0.1) is 12.8 Å². The highest BCUT2D eigenvalue weighted by atomic mass is 32.2. The largest absolute Gasteiger partial charge is 0.353 e. The third-order valence-corrected chi connectivity index (χ3v) is 3.44. The number of nitrogens with zero attached hydrogens (tertiary/aromatic N) is 3. The molecule has 2 aromatic rings. The van der Waals surface area contributed by atoms with E-state index in [1.165, 1.54) is 5.56 Å². The summed E-state index contributed by atoms with van der Waals surface area (Å²) in [5.74, 6) is 2.49. The maximum Gasteiger partial charge on any atom is 0.243 e. The third kappa shape index (κ3) is 3.12. The molecule has 0 fully saturated rings. The Morgan fingerprint density at radius 2 is 2.29 bits per heavy atom. The summed E-state index contributed by atoms with van der Waals surface area (Å²) in [5.41, 5.74) is 2.07. The predicted molar refractivity (Wildman–Crippen MR) is 73.8 cm³/mol. The quantitative estimate of drug-likeness (QED) is 0.885. The molecule has 0 spiro atoms. The van der Waals surface area contributed by atoms with Gasteiger partial charge in [0, 0.05) is 12.7 Å². The number of hydrogen-bond acceptors (Lipinski definition) is 4. The molecular formula is C12H18N4S. The SMILES string of the molecule is CSCC(C)CNc1nc2ccc(C)cn2n1. The molecule has 92 valence electrons. The molecule has 1 N–H and O–H groups in total. The summed E-state index contributed by atoms with van der Waals surface area (Å²) in [6, 6.07) is 4.03. The minimum Gasteiger partial charge on any atom is -0.353 e. The molecule has 17 heavy (non-hydrogen) atoms. The van der Waals surface area contributed by atoms with Crippen LogP contribution in [-0.2, 0) is 0 Å². The highest BCUT2D eigenvalue weighted by Gasteiger charge is 2.05. The molecule has 2 heterocycles. The van der Waals surface area contributed by atoms with Crippen molar-refractivity contribution in [1.82, 2.24) is 14.6 Å². The van der Waals surface area contributed by atoms with Gasteiger partial charge in [-0.1, -0.05) is 13.0 Å². The Bertz CT molecular complexity index is 494. The molecule has 0 amide bonds. The van der Waals surface area contributed by atoms with Crippen molar-refractivity contribution in [3.05, 3.63) is 23.9 Å². The van der Waals surface area contributed by atoms with E-state index in [-0.39, 0.29) is 0 Å². The van der Waals surface area contributed by atoms with Crippen molar-refractivity contribution in [2.75, 3.05) is 23.9 Å². The smallest absolute Gasteiger partial charge is 0.243 e. The van der Waals surface area contributed by atoms with Crippen LogP contribution in [0.15, 0.2) is 18.3 Å². The monoisotopic (exact) mass is 250 g/mol. The number of pyridine rings is 1. The molecule has 0 aliphatic rings. The van der Waals surface area contributed by atoms with Crippen LogP contribution in [0.25, 0.3) is 5.65 Å². The number of anilines is 1. The highest BCUT2D eigenvalue weighted by molar-refractivity contribution is 7.98. The van der Waals surface area contributed by atoms with E-state index in [9.17, 15) is 0 Å². The zero-order valence-corrected chi connectivity index (χ0v) is 11.3. The van der Waals surface area contributed by atoms with Gasteiger partial charge >= 0.3 is 0 Å². The molecule has 0 bridgehead atoms. The number of aromatic nitrogens is 3. The number of fused-ring (bicyclic) bond motifs is 1. The van der Waals surface area contributed by atoms with Crippen molar-refractivity contribution in [3.8, 4) is 0 Å². The Hall–Kier alpha value is -1.23. The van der Waals surface area contributed by atoms with Crippen LogP contribution in [-0.4, -0.2) is 33.2 Å². The van der Waals surface area contributed by atoms with E-state index in [0.29, 0.717) is 11.9 Å². The summed E-state index contributed by atoms with van der Waals surface area (Å²) in [6.45, 7) is 5.19. The summed E-state index contributed by atoms with van der Waals surface area (Å²) >= 11 is 1.87. The van der Waals surface area contributed by atoms with Crippen LogP contribution in [0.5, 0.6) is 0 Å². The molecule has 0 aliphatic heterocycles. The summed E-state index contributed by atoms with van der Waals surface area (Å²) in [7, 11) is 0.